The molecule has 2 atom stereocenters. The summed E-state index contributed by atoms with van der Waals surface area (Å²) in [5.74, 6) is 0.827. The second-order valence-corrected chi connectivity index (χ2v) is 8.34. The Bertz CT molecular complexity index is 660. The van der Waals surface area contributed by atoms with Gasteiger partial charge in [-0.05, 0) is 43.4 Å². The van der Waals surface area contributed by atoms with Crippen molar-refractivity contribution in [3.05, 3.63) is 22.7 Å². The molecule has 1 heterocycles. The van der Waals surface area contributed by atoms with Gasteiger partial charge in [-0.15, -0.1) is 0 Å². The molecule has 0 spiro atoms. The lowest BCUT2D eigenvalue weighted by Crippen LogP contribution is -2.43. The summed E-state index contributed by atoms with van der Waals surface area (Å²) in [6.07, 6.45) is 1.43. The molecule has 1 aliphatic rings. The number of hydrogen-bond acceptors (Lipinski definition) is 4. The van der Waals surface area contributed by atoms with Crippen LogP contribution in [-0.2, 0) is 14.8 Å². The molecule has 1 fully saturated rings. The van der Waals surface area contributed by atoms with Crippen molar-refractivity contribution in [3.8, 4) is 5.75 Å². The molecule has 0 bridgehead atoms. The van der Waals surface area contributed by atoms with Crippen LogP contribution in [0.4, 0.5) is 0 Å². The van der Waals surface area contributed by atoms with Crippen molar-refractivity contribution in [3.63, 3.8) is 0 Å². The van der Waals surface area contributed by atoms with Gasteiger partial charge in [-0.25, -0.2) is 13.1 Å². The molecule has 1 aliphatic heterocycles. The van der Waals surface area contributed by atoms with Crippen LogP contribution in [0.15, 0.2) is 17.0 Å². The van der Waals surface area contributed by atoms with Gasteiger partial charge in [-0.2, -0.15) is 0 Å². The fourth-order valence-electron chi connectivity index (χ4n) is 2.77. The van der Waals surface area contributed by atoms with Crippen molar-refractivity contribution in [2.45, 2.75) is 50.7 Å². The average Bonchev–Trinajstić information content (AvgIpc) is 2.48. The van der Waals surface area contributed by atoms with E-state index < -0.39 is 10.0 Å². The summed E-state index contributed by atoms with van der Waals surface area (Å²) < 4.78 is 39.0. The van der Waals surface area contributed by atoms with E-state index in [-0.39, 0.29) is 22.1 Å². The first-order valence-electron chi connectivity index (χ1n) is 7.72. The van der Waals surface area contributed by atoms with E-state index >= 15 is 0 Å². The third kappa shape index (κ3) is 4.38. The van der Waals surface area contributed by atoms with Crippen LogP contribution >= 0.6 is 11.6 Å². The molecule has 7 heteroatoms. The van der Waals surface area contributed by atoms with Gasteiger partial charge in [0.25, 0.3) is 0 Å². The summed E-state index contributed by atoms with van der Waals surface area (Å²) in [5.41, 5.74) is 0.603. The number of methoxy groups -OCH3 is 1. The van der Waals surface area contributed by atoms with Gasteiger partial charge >= 0.3 is 0 Å². The third-order valence-electron chi connectivity index (χ3n) is 4.12. The number of aryl methyl sites for hydroxylation is 1. The van der Waals surface area contributed by atoms with Gasteiger partial charge in [0.05, 0.1) is 23.1 Å². The minimum atomic E-state index is -3.63. The second kappa shape index (κ2) is 7.38. The summed E-state index contributed by atoms with van der Waals surface area (Å²) in [6, 6.07) is 2.95. The lowest BCUT2D eigenvalue weighted by atomic mass is 9.96. The van der Waals surface area contributed by atoms with Crippen molar-refractivity contribution < 1.29 is 17.9 Å². The molecule has 0 saturated carbocycles. The fourth-order valence-corrected chi connectivity index (χ4v) is 4.61. The van der Waals surface area contributed by atoms with E-state index in [1.807, 2.05) is 0 Å². The number of rotatable bonds is 5. The van der Waals surface area contributed by atoms with Crippen LogP contribution in [0.5, 0.6) is 5.75 Å². The summed E-state index contributed by atoms with van der Waals surface area (Å²) in [7, 11) is -2.13. The fraction of sp³-hybridized carbons (Fsp3) is 0.625. The van der Waals surface area contributed by atoms with Crippen molar-refractivity contribution in [1.82, 2.24) is 4.72 Å². The highest BCUT2D eigenvalue weighted by Gasteiger charge is 2.29. The van der Waals surface area contributed by atoms with Crippen molar-refractivity contribution in [2.75, 3.05) is 13.7 Å². The Morgan fingerprint density at radius 2 is 2.09 bits per heavy atom. The highest BCUT2D eigenvalue weighted by Crippen LogP contribution is 2.30. The lowest BCUT2D eigenvalue weighted by Gasteiger charge is -2.32. The summed E-state index contributed by atoms with van der Waals surface area (Å²) in [5, 5.41) is 0.283. The van der Waals surface area contributed by atoms with Crippen LogP contribution < -0.4 is 9.46 Å². The van der Waals surface area contributed by atoms with E-state index in [0.717, 1.165) is 0 Å². The maximum Gasteiger partial charge on any atom is 0.241 e. The van der Waals surface area contributed by atoms with Gasteiger partial charge in [0.2, 0.25) is 10.0 Å². The van der Waals surface area contributed by atoms with Crippen molar-refractivity contribution >= 4 is 21.6 Å². The lowest BCUT2D eigenvalue weighted by molar-refractivity contribution is -0.0211. The summed E-state index contributed by atoms with van der Waals surface area (Å²) >= 11 is 6.08. The highest BCUT2D eigenvalue weighted by atomic mass is 35.5. The van der Waals surface area contributed by atoms with Gasteiger partial charge in [0.1, 0.15) is 5.75 Å². The molecule has 0 amide bonds. The molecule has 5 nitrogen and oxygen atoms in total. The van der Waals surface area contributed by atoms with E-state index in [4.69, 9.17) is 21.1 Å². The maximum absolute atomic E-state index is 12.7. The molecule has 130 valence electrons. The molecule has 23 heavy (non-hydrogen) atoms. The monoisotopic (exact) mass is 361 g/mol. The van der Waals surface area contributed by atoms with Crippen LogP contribution in [-0.4, -0.2) is 34.3 Å². The van der Waals surface area contributed by atoms with Crippen LogP contribution in [0.2, 0.25) is 5.02 Å². The van der Waals surface area contributed by atoms with Crippen LogP contribution in [0, 0.1) is 12.8 Å². The van der Waals surface area contributed by atoms with Crippen molar-refractivity contribution in [2.24, 2.45) is 5.92 Å². The minimum Gasteiger partial charge on any atom is -0.495 e. The van der Waals surface area contributed by atoms with Crippen LogP contribution in [0.3, 0.4) is 0 Å². The van der Waals surface area contributed by atoms with Gasteiger partial charge < -0.3 is 9.47 Å². The second-order valence-electron chi connectivity index (χ2n) is 6.25. The number of hydrogen-bond donors (Lipinski definition) is 1. The molecule has 1 aromatic carbocycles. The first kappa shape index (κ1) is 18.5. The molecular formula is C16H24ClNO4S. The van der Waals surface area contributed by atoms with Gasteiger partial charge in [0, 0.05) is 12.6 Å². The Morgan fingerprint density at radius 1 is 1.39 bits per heavy atom. The largest absolute Gasteiger partial charge is 0.495 e. The molecule has 0 aromatic heterocycles. The van der Waals surface area contributed by atoms with E-state index in [2.05, 4.69) is 18.6 Å². The third-order valence-corrected chi connectivity index (χ3v) is 6.08. The first-order valence-corrected chi connectivity index (χ1v) is 9.58. The Balaban J connectivity index is 2.20. The Labute approximate surface area is 143 Å². The van der Waals surface area contributed by atoms with Crippen molar-refractivity contribution in [1.29, 1.82) is 0 Å². The van der Waals surface area contributed by atoms with Crippen LogP contribution in [0.25, 0.3) is 0 Å². The van der Waals surface area contributed by atoms with Gasteiger partial charge in [-0.3, -0.25) is 0 Å². The van der Waals surface area contributed by atoms with E-state index in [1.165, 1.54) is 13.2 Å². The summed E-state index contributed by atoms with van der Waals surface area (Å²) in [6.45, 7) is 6.45. The zero-order valence-electron chi connectivity index (χ0n) is 13.9. The standard InChI is InChI=1S/C16H24ClNO4S/c1-10(2)14-8-12(5-6-22-14)18-23(19,20)16-9-13(17)15(21-4)7-11(16)3/h7,9-10,12,14,18H,5-6,8H2,1-4H3. The first-order chi connectivity index (χ1) is 10.7. The smallest absolute Gasteiger partial charge is 0.241 e. The Kier molecular flexibility index (Phi) is 5.94. The molecule has 0 aliphatic carbocycles. The van der Waals surface area contributed by atoms with E-state index in [1.54, 1.807) is 13.0 Å². The molecule has 2 unspecified atom stereocenters. The van der Waals surface area contributed by atoms with E-state index in [0.29, 0.717) is 36.7 Å². The highest BCUT2D eigenvalue weighted by molar-refractivity contribution is 7.89. The molecule has 1 N–H and O–H groups in total. The van der Waals surface area contributed by atoms with Gasteiger partial charge in [-0.1, -0.05) is 25.4 Å². The molecule has 0 radical (unpaired) electrons. The predicted molar refractivity (Wildman–Crippen MR) is 90.7 cm³/mol. The average molecular weight is 362 g/mol. The quantitative estimate of drug-likeness (QED) is 0.875. The molecule has 1 aromatic rings. The number of sulfonamides is 1. The number of halogens is 1. The zero-order chi connectivity index (χ0) is 17.2. The predicted octanol–water partition coefficient (Wildman–Crippen LogP) is 3.14. The number of nitrogens with one attached hydrogen (secondary N) is 1. The van der Waals surface area contributed by atoms with Gasteiger partial charge in [0.15, 0.2) is 0 Å². The Morgan fingerprint density at radius 3 is 2.70 bits per heavy atom. The number of benzene rings is 1. The summed E-state index contributed by atoms with van der Waals surface area (Å²) in [4.78, 5) is 0.191. The topological polar surface area (TPSA) is 64.6 Å². The number of ether oxygens (including phenoxy) is 2. The van der Waals surface area contributed by atoms with E-state index in [9.17, 15) is 8.42 Å². The Hall–Kier alpha value is -0.820. The molecule has 2 rings (SSSR count). The van der Waals surface area contributed by atoms with Crippen LogP contribution in [0.1, 0.15) is 32.3 Å². The zero-order valence-corrected chi connectivity index (χ0v) is 15.5. The minimum absolute atomic E-state index is 0.0806. The maximum atomic E-state index is 12.7. The SMILES string of the molecule is COc1cc(C)c(S(=O)(=O)NC2CCOC(C(C)C)C2)cc1Cl. The molecular weight excluding hydrogens is 338 g/mol. The normalized spacial score (nSPS) is 22.3. The molecule has 1 saturated heterocycles.